The predicted molar refractivity (Wildman–Crippen MR) is 71.9 cm³/mol. The van der Waals surface area contributed by atoms with E-state index in [0.29, 0.717) is 17.9 Å². The molecule has 1 N–H and O–H groups in total. The van der Waals surface area contributed by atoms with Gasteiger partial charge in [0.1, 0.15) is 17.6 Å². The van der Waals surface area contributed by atoms with Crippen molar-refractivity contribution in [3.05, 3.63) is 24.0 Å². The third-order valence-corrected chi connectivity index (χ3v) is 2.83. The van der Waals surface area contributed by atoms with Crippen LogP contribution in [0.1, 0.15) is 26.2 Å². The first kappa shape index (κ1) is 15.3. The van der Waals surface area contributed by atoms with Crippen LogP contribution in [-0.4, -0.2) is 26.2 Å². The molecule has 1 aromatic carbocycles. The third kappa shape index (κ3) is 4.43. The van der Waals surface area contributed by atoms with Crippen LogP contribution in [-0.2, 0) is 9.53 Å². The Hall–Kier alpha value is -1.78. The first-order chi connectivity index (χ1) is 9.12. The zero-order chi connectivity index (χ0) is 14.3. The maximum absolute atomic E-state index is 13.1. The van der Waals surface area contributed by atoms with E-state index < -0.39 is 6.04 Å². The molecule has 19 heavy (non-hydrogen) atoms. The smallest absolute Gasteiger partial charge is 0.328 e. The van der Waals surface area contributed by atoms with Crippen molar-refractivity contribution >= 4 is 11.7 Å². The Labute approximate surface area is 112 Å². The molecule has 0 amide bonds. The lowest BCUT2D eigenvalue weighted by atomic mass is 10.1. The Morgan fingerprint density at radius 3 is 2.74 bits per heavy atom. The van der Waals surface area contributed by atoms with Gasteiger partial charge in [-0.3, -0.25) is 0 Å². The van der Waals surface area contributed by atoms with Gasteiger partial charge in [-0.25, -0.2) is 9.18 Å². The van der Waals surface area contributed by atoms with Crippen LogP contribution in [0.4, 0.5) is 10.1 Å². The van der Waals surface area contributed by atoms with Gasteiger partial charge in [0.25, 0.3) is 0 Å². The van der Waals surface area contributed by atoms with Gasteiger partial charge in [0.15, 0.2) is 0 Å². The second-order valence-electron chi connectivity index (χ2n) is 4.21. The number of carbonyl (C=O) groups excluding carboxylic acids is 1. The number of unbranched alkanes of at least 4 members (excludes halogenated alkanes) is 1. The molecule has 0 aliphatic carbocycles. The first-order valence-corrected chi connectivity index (χ1v) is 6.30. The Bertz CT molecular complexity index is 423. The van der Waals surface area contributed by atoms with Crippen molar-refractivity contribution in [2.45, 2.75) is 32.2 Å². The quantitative estimate of drug-likeness (QED) is 0.773. The number of methoxy groups -OCH3 is 2. The summed E-state index contributed by atoms with van der Waals surface area (Å²) in [5.74, 6) is -0.351. The molecule has 1 unspecified atom stereocenters. The molecule has 106 valence electrons. The molecule has 0 bridgehead atoms. The van der Waals surface area contributed by atoms with E-state index in [1.165, 1.54) is 26.4 Å². The highest BCUT2D eigenvalue weighted by atomic mass is 19.1. The number of hydrogen-bond donors (Lipinski definition) is 1. The summed E-state index contributed by atoms with van der Waals surface area (Å²) >= 11 is 0. The van der Waals surface area contributed by atoms with Crippen molar-refractivity contribution in [3.8, 4) is 5.75 Å². The second kappa shape index (κ2) is 7.61. The highest BCUT2D eigenvalue weighted by Gasteiger charge is 2.19. The normalized spacial score (nSPS) is 11.8. The van der Waals surface area contributed by atoms with Crippen LogP contribution in [0.25, 0.3) is 0 Å². The summed E-state index contributed by atoms with van der Waals surface area (Å²) in [4.78, 5) is 11.7. The number of rotatable bonds is 7. The van der Waals surface area contributed by atoms with Gasteiger partial charge in [0.2, 0.25) is 0 Å². The molecule has 1 rings (SSSR count). The second-order valence-corrected chi connectivity index (χ2v) is 4.21. The van der Waals surface area contributed by atoms with E-state index in [1.54, 1.807) is 6.07 Å². The van der Waals surface area contributed by atoms with Crippen LogP contribution in [0.3, 0.4) is 0 Å². The minimum absolute atomic E-state index is 0.333. The topological polar surface area (TPSA) is 47.6 Å². The summed E-state index contributed by atoms with van der Waals surface area (Å²) < 4.78 is 23.0. The van der Waals surface area contributed by atoms with Gasteiger partial charge in [0, 0.05) is 6.07 Å². The van der Waals surface area contributed by atoms with Crippen molar-refractivity contribution in [2.75, 3.05) is 19.5 Å². The SMILES string of the molecule is CCCCC(Nc1ccc(F)cc1OC)C(=O)OC. The van der Waals surface area contributed by atoms with Gasteiger partial charge in [-0.2, -0.15) is 0 Å². The average molecular weight is 269 g/mol. The Morgan fingerprint density at radius 1 is 1.42 bits per heavy atom. The van der Waals surface area contributed by atoms with Crippen LogP contribution in [0.15, 0.2) is 18.2 Å². The molecule has 0 saturated heterocycles. The summed E-state index contributed by atoms with van der Waals surface area (Å²) in [6.45, 7) is 2.05. The van der Waals surface area contributed by atoms with Gasteiger partial charge in [0.05, 0.1) is 19.9 Å². The molecule has 0 heterocycles. The van der Waals surface area contributed by atoms with Crippen LogP contribution >= 0.6 is 0 Å². The number of benzene rings is 1. The summed E-state index contributed by atoms with van der Waals surface area (Å²) in [6, 6.07) is 3.69. The molecular weight excluding hydrogens is 249 g/mol. The highest BCUT2D eigenvalue weighted by Crippen LogP contribution is 2.26. The summed E-state index contributed by atoms with van der Waals surface area (Å²) in [7, 11) is 2.81. The Kier molecular flexibility index (Phi) is 6.12. The highest BCUT2D eigenvalue weighted by molar-refractivity contribution is 5.80. The molecule has 0 spiro atoms. The molecule has 0 aliphatic rings. The van der Waals surface area contributed by atoms with Crippen LogP contribution < -0.4 is 10.1 Å². The van der Waals surface area contributed by atoms with Gasteiger partial charge >= 0.3 is 5.97 Å². The van der Waals surface area contributed by atoms with E-state index in [-0.39, 0.29) is 11.8 Å². The predicted octanol–water partition coefficient (Wildman–Crippen LogP) is 2.98. The van der Waals surface area contributed by atoms with E-state index in [9.17, 15) is 9.18 Å². The molecule has 1 aromatic rings. The lowest BCUT2D eigenvalue weighted by molar-refractivity contribution is -0.141. The maximum atomic E-state index is 13.1. The fourth-order valence-electron chi connectivity index (χ4n) is 1.77. The lowest BCUT2D eigenvalue weighted by Gasteiger charge is -2.19. The van der Waals surface area contributed by atoms with Crippen LogP contribution in [0.5, 0.6) is 5.75 Å². The Balaban J connectivity index is 2.85. The van der Waals surface area contributed by atoms with E-state index >= 15 is 0 Å². The number of halogens is 1. The van der Waals surface area contributed by atoms with Gasteiger partial charge < -0.3 is 14.8 Å². The van der Waals surface area contributed by atoms with Crippen molar-refractivity contribution in [1.82, 2.24) is 0 Å². The third-order valence-electron chi connectivity index (χ3n) is 2.83. The van der Waals surface area contributed by atoms with Gasteiger partial charge in [-0.15, -0.1) is 0 Å². The van der Waals surface area contributed by atoms with Crippen LogP contribution in [0, 0.1) is 5.82 Å². The van der Waals surface area contributed by atoms with Crippen molar-refractivity contribution < 1.29 is 18.7 Å². The number of hydrogen-bond acceptors (Lipinski definition) is 4. The van der Waals surface area contributed by atoms with Crippen molar-refractivity contribution in [1.29, 1.82) is 0 Å². The minimum Gasteiger partial charge on any atom is -0.494 e. The molecule has 1 atom stereocenters. The zero-order valence-electron chi connectivity index (χ0n) is 11.5. The zero-order valence-corrected chi connectivity index (χ0v) is 11.5. The van der Waals surface area contributed by atoms with Crippen LogP contribution in [0.2, 0.25) is 0 Å². The largest absolute Gasteiger partial charge is 0.494 e. The fraction of sp³-hybridized carbons (Fsp3) is 0.500. The Morgan fingerprint density at radius 2 is 2.16 bits per heavy atom. The number of nitrogens with one attached hydrogen (secondary N) is 1. The summed E-state index contributed by atoms with van der Waals surface area (Å²) in [6.07, 6.45) is 2.54. The summed E-state index contributed by atoms with van der Waals surface area (Å²) in [5, 5.41) is 3.05. The van der Waals surface area contributed by atoms with E-state index in [0.717, 1.165) is 12.8 Å². The minimum atomic E-state index is -0.454. The molecular formula is C14H20FNO3. The number of esters is 1. The summed E-state index contributed by atoms with van der Waals surface area (Å²) in [5.41, 5.74) is 0.579. The molecule has 0 radical (unpaired) electrons. The first-order valence-electron chi connectivity index (χ1n) is 6.30. The fourth-order valence-corrected chi connectivity index (χ4v) is 1.77. The van der Waals surface area contributed by atoms with Crippen molar-refractivity contribution in [2.24, 2.45) is 0 Å². The van der Waals surface area contributed by atoms with E-state index in [2.05, 4.69) is 5.32 Å². The van der Waals surface area contributed by atoms with E-state index in [4.69, 9.17) is 9.47 Å². The van der Waals surface area contributed by atoms with Crippen molar-refractivity contribution in [3.63, 3.8) is 0 Å². The maximum Gasteiger partial charge on any atom is 0.328 e. The molecule has 0 aromatic heterocycles. The van der Waals surface area contributed by atoms with E-state index in [1.807, 2.05) is 6.92 Å². The molecule has 0 saturated carbocycles. The number of anilines is 1. The molecule has 4 nitrogen and oxygen atoms in total. The average Bonchev–Trinajstić information content (AvgIpc) is 2.43. The molecule has 0 aliphatic heterocycles. The van der Waals surface area contributed by atoms with Gasteiger partial charge in [-0.05, 0) is 18.6 Å². The number of carbonyl (C=O) groups is 1. The molecule has 0 fully saturated rings. The lowest BCUT2D eigenvalue weighted by Crippen LogP contribution is -2.30. The monoisotopic (exact) mass is 269 g/mol. The number of ether oxygens (including phenoxy) is 2. The standard InChI is InChI=1S/C14H20FNO3/c1-4-5-6-12(14(17)19-3)16-11-8-7-10(15)9-13(11)18-2/h7-9,12,16H,4-6H2,1-3H3. The molecule has 5 heteroatoms. The van der Waals surface area contributed by atoms with Gasteiger partial charge in [-0.1, -0.05) is 19.8 Å².